The molecule has 0 saturated carbocycles. The molecular formula is C19H21N3S. The quantitative estimate of drug-likeness (QED) is 0.701. The number of aromatic nitrogens is 2. The first kappa shape index (κ1) is 14.6. The Kier molecular flexibility index (Phi) is 3.57. The summed E-state index contributed by atoms with van der Waals surface area (Å²) in [4.78, 5) is 12.0. The fourth-order valence-corrected chi connectivity index (χ4v) is 4.62. The molecule has 0 amide bonds. The van der Waals surface area contributed by atoms with E-state index in [0.29, 0.717) is 0 Å². The number of thiophene rings is 1. The van der Waals surface area contributed by atoms with E-state index < -0.39 is 0 Å². The maximum atomic E-state index is 4.71. The molecule has 3 nitrogen and oxygen atoms in total. The lowest BCUT2D eigenvalue weighted by Crippen LogP contribution is -2.02. The second kappa shape index (κ2) is 5.60. The summed E-state index contributed by atoms with van der Waals surface area (Å²) in [5, 5.41) is 4.79. The van der Waals surface area contributed by atoms with E-state index in [1.54, 1.807) is 0 Å². The number of benzene rings is 1. The molecular weight excluding hydrogens is 302 g/mol. The van der Waals surface area contributed by atoms with Crippen LogP contribution < -0.4 is 5.32 Å². The van der Waals surface area contributed by atoms with E-state index in [9.17, 15) is 0 Å². The summed E-state index contributed by atoms with van der Waals surface area (Å²) >= 11 is 1.85. The van der Waals surface area contributed by atoms with Gasteiger partial charge in [0.05, 0.1) is 5.39 Å². The molecule has 4 heteroatoms. The topological polar surface area (TPSA) is 37.8 Å². The molecule has 0 spiro atoms. The lowest BCUT2D eigenvalue weighted by atomic mass is 9.97. The minimum absolute atomic E-state index is 0.836. The van der Waals surface area contributed by atoms with Gasteiger partial charge in [-0.1, -0.05) is 6.07 Å². The van der Waals surface area contributed by atoms with Crippen molar-refractivity contribution in [3.63, 3.8) is 0 Å². The summed E-state index contributed by atoms with van der Waals surface area (Å²) in [6.07, 6.45) is 4.92. The fraction of sp³-hybridized carbons (Fsp3) is 0.368. The van der Waals surface area contributed by atoms with E-state index in [1.165, 1.54) is 46.2 Å². The van der Waals surface area contributed by atoms with Crippen LogP contribution in [0.25, 0.3) is 10.2 Å². The first-order valence-electron chi connectivity index (χ1n) is 8.25. The van der Waals surface area contributed by atoms with E-state index >= 15 is 0 Å². The van der Waals surface area contributed by atoms with Crippen molar-refractivity contribution in [2.45, 2.75) is 46.5 Å². The predicted octanol–water partition coefficient (Wildman–Crippen LogP) is 5.24. The summed E-state index contributed by atoms with van der Waals surface area (Å²) in [6.45, 7) is 6.26. The van der Waals surface area contributed by atoms with Gasteiger partial charge in [0.2, 0.25) is 0 Å². The monoisotopic (exact) mass is 323 g/mol. The van der Waals surface area contributed by atoms with Gasteiger partial charge in [0, 0.05) is 10.6 Å². The highest BCUT2D eigenvalue weighted by Crippen LogP contribution is 2.39. The Hall–Kier alpha value is -1.94. The predicted molar refractivity (Wildman–Crippen MR) is 98.0 cm³/mol. The van der Waals surface area contributed by atoms with Crippen LogP contribution in [-0.4, -0.2) is 9.97 Å². The van der Waals surface area contributed by atoms with Crippen molar-refractivity contribution in [2.75, 3.05) is 5.32 Å². The molecule has 3 aromatic rings. The van der Waals surface area contributed by atoms with Gasteiger partial charge in [0.15, 0.2) is 0 Å². The zero-order valence-corrected chi connectivity index (χ0v) is 14.7. The lowest BCUT2D eigenvalue weighted by Gasteiger charge is -2.13. The van der Waals surface area contributed by atoms with Crippen molar-refractivity contribution in [3.05, 3.63) is 45.6 Å². The van der Waals surface area contributed by atoms with Crippen molar-refractivity contribution < 1.29 is 0 Å². The Labute approximate surface area is 140 Å². The number of rotatable bonds is 2. The van der Waals surface area contributed by atoms with Gasteiger partial charge in [-0.15, -0.1) is 11.3 Å². The number of nitrogens with zero attached hydrogens (tertiary/aromatic N) is 2. The zero-order valence-electron chi connectivity index (χ0n) is 13.9. The van der Waals surface area contributed by atoms with E-state index in [2.05, 4.69) is 42.3 Å². The molecule has 118 valence electrons. The maximum absolute atomic E-state index is 4.71. The first-order chi connectivity index (χ1) is 11.1. The molecule has 1 aromatic carbocycles. The van der Waals surface area contributed by atoms with Gasteiger partial charge in [0.1, 0.15) is 16.5 Å². The lowest BCUT2D eigenvalue weighted by molar-refractivity contribution is 0.700. The molecule has 0 unspecified atom stereocenters. The molecule has 2 aromatic heterocycles. The highest BCUT2D eigenvalue weighted by atomic mass is 32.1. The van der Waals surface area contributed by atoms with Gasteiger partial charge < -0.3 is 5.32 Å². The van der Waals surface area contributed by atoms with Crippen LogP contribution in [0.5, 0.6) is 0 Å². The third kappa shape index (κ3) is 2.61. The molecule has 0 atom stereocenters. The summed E-state index contributed by atoms with van der Waals surface area (Å²) < 4.78 is 0. The smallest absolute Gasteiger partial charge is 0.143 e. The molecule has 0 radical (unpaired) electrons. The van der Waals surface area contributed by atoms with Gasteiger partial charge in [-0.2, -0.15) is 0 Å². The molecule has 2 heterocycles. The summed E-state index contributed by atoms with van der Waals surface area (Å²) in [7, 11) is 0. The largest absolute Gasteiger partial charge is 0.340 e. The van der Waals surface area contributed by atoms with E-state index in [-0.39, 0.29) is 0 Å². The van der Waals surface area contributed by atoms with Gasteiger partial charge in [-0.05, 0) is 75.3 Å². The molecule has 23 heavy (non-hydrogen) atoms. The van der Waals surface area contributed by atoms with Gasteiger partial charge in [0.25, 0.3) is 0 Å². The Morgan fingerprint density at radius 1 is 1.00 bits per heavy atom. The van der Waals surface area contributed by atoms with Crippen LogP contribution in [0.1, 0.15) is 40.2 Å². The normalized spacial score (nSPS) is 14.0. The van der Waals surface area contributed by atoms with Crippen LogP contribution in [0.15, 0.2) is 18.2 Å². The molecule has 1 aliphatic carbocycles. The number of nitrogens with one attached hydrogen (secondary N) is 1. The summed E-state index contributed by atoms with van der Waals surface area (Å²) in [5.41, 5.74) is 5.18. The molecule has 0 bridgehead atoms. The molecule has 4 rings (SSSR count). The third-order valence-corrected chi connectivity index (χ3v) is 5.88. The Bertz CT molecular complexity index is 895. The van der Waals surface area contributed by atoms with E-state index in [1.807, 2.05) is 18.3 Å². The Balaban J connectivity index is 1.85. The van der Waals surface area contributed by atoms with Gasteiger partial charge >= 0.3 is 0 Å². The van der Waals surface area contributed by atoms with Crippen molar-refractivity contribution >= 4 is 33.1 Å². The second-order valence-corrected chi connectivity index (χ2v) is 7.52. The number of anilines is 2. The summed E-state index contributed by atoms with van der Waals surface area (Å²) in [6, 6.07) is 6.48. The highest BCUT2D eigenvalue weighted by molar-refractivity contribution is 7.19. The minimum atomic E-state index is 0.836. The van der Waals surface area contributed by atoms with Crippen molar-refractivity contribution in [1.82, 2.24) is 9.97 Å². The SMILES string of the molecule is Cc1nc(Nc2ccc(C)c(C)c2)c2c3c(sc2n1)CCCC3. The fourth-order valence-electron chi connectivity index (χ4n) is 3.31. The van der Waals surface area contributed by atoms with Crippen LogP contribution in [0.4, 0.5) is 11.5 Å². The van der Waals surface area contributed by atoms with Crippen LogP contribution in [-0.2, 0) is 12.8 Å². The van der Waals surface area contributed by atoms with Crippen LogP contribution in [0, 0.1) is 20.8 Å². The van der Waals surface area contributed by atoms with E-state index in [4.69, 9.17) is 4.98 Å². The Morgan fingerprint density at radius 2 is 1.83 bits per heavy atom. The third-order valence-electron chi connectivity index (χ3n) is 4.70. The van der Waals surface area contributed by atoms with E-state index in [0.717, 1.165) is 28.6 Å². The average molecular weight is 323 g/mol. The Morgan fingerprint density at radius 3 is 2.65 bits per heavy atom. The minimum Gasteiger partial charge on any atom is -0.340 e. The number of aryl methyl sites for hydroxylation is 5. The standard InChI is InChI=1S/C19H21N3S/c1-11-8-9-14(10-12(11)2)22-18-17-15-6-4-5-7-16(15)23-19(17)21-13(3)20-18/h8-10H,4-7H2,1-3H3,(H,20,21,22). The zero-order chi connectivity index (χ0) is 16.0. The molecule has 0 saturated heterocycles. The average Bonchev–Trinajstić information content (AvgIpc) is 2.89. The van der Waals surface area contributed by atoms with Crippen molar-refractivity contribution in [1.29, 1.82) is 0 Å². The van der Waals surface area contributed by atoms with Crippen LogP contribution in [0.2, 0.25) is 0 Å². The molecule has 1 aliphatic rings. The molecule has 1 N–H and O–H groups in total. The molecule has 0 fully saturated rings. The second-order valence-electron chi connectivity index (χ2n) is 6.43. The maximum Gasteiger partial charge on any atom is 0.143 e. The first-order valence-corrected chi connectivity index (χ1v) is 9.06. The summed E-state index contributed by atoms with van der Waals surface area (Å²) in [5.74, 6) is 1.80. The van der Waals surface area contributed by atoms with Gasteiger partial charge in [-0.25, -0.2) is 9.97 Å². The number of hydrogen-bond acceptors (Lipinski definition) is 4. The van der Waals surface area contributed by atoms with Gasteiger partial charge in [-0.3, -0.25) is 0 Å². The van der Waals surface area contributed by atoms with Crippen molar-refractivity contribution in [3.8, 4) is 0 Å². The van der Waals surface area contributed by atoms with Crippen LogP contribution >= 0.6 is 11.3 Å². The number of fused-ring (bicyclic) bond motifs is 3. The van der Waals surface area contributed by atoms with Crippen LogP contribution in [0.3, 0.4) is 0 Å². The highest BCUT2D eigenvalue weighted by Gasteiger charge is 2.20. The van der Waals surface area contributed by atoms with Crippen molar-refractivity contribution in [2.24, 2.45) is 0 Å². The molecule has 0 aliphatic heterocycles. The number of hydrogen-bond donors (Lipinski definition) is 1.